The number of imidazole rings is 1. The molecule has 2 aliphatic heterocycles. The van der Waals surface area contributed by atoms with Crippen molar-refractivity contribution < 1.29 is 27.9 Å². The van der Waals surface area contributed by atoms with E-state index in [9.17, 15) is 27.9 Å². The second-order valence-corrected chi connectivity index (χ2v) is 9.65. The summed E-state index contributed by atoms with van der Waals surface area (Å²) < 4.78 is 40.2. The van der Waals surface area contributed by atoms with E-state index in [0.29, 0.717) is 22.1 Å². The molecular weight excluding hydrogens is 473 g/mol. The molecule has 182 valence electrons. The first kappa shape index (κ1) is 23.0. The highest BCUT2D eigenvalue weighted by atomic mass is 35.5. The van der Waals surface area contributed by atoms with E-state index in [1.54, 1.807) is 23.1 Å². The first-order chi connectivity index (χ1) is 16.1. The Morgan fingerprint density at radius 3 is 2.65 bits per heavy atom. The fraction of sp³-hybridized carbons (Fsp3) is 0.522. The van der Waals surface area contributed by atoms with Gasteiger partial charge in [0, 0.05) is 42.3 Å². The highest BCUT2D eigenvalue weighted by molar-refractivity contribution is 6.33. The zero-order valence-corrected chi connectivity index (χ0v) is 19.1. The number of rotatable bonds is 5. The van der Waals surface area contributed by atoms with Crippen LogP contribution in [0, 0.1) is 0 Å². The molecule has 0 bridgehead atoms. The van der Waals surface area contributed by atoms with Crippen molar-refractivity contribution in [1.29, 1.82) is 0 Å². The molecule has 1 N–H and O–H groups in total. The number of anilines is 1. The van der Waals surface area contributed by atoms with Crippen LogP contribution in [0.15, 0.2) is 18.2 Å². The molecule has 1 aromatic heterocycles. The SMILES string of the molecule is O=C(O)N1CC2(C1)C(=O)N(Cc1nc3c(n1CCCC(F)(F)F)CCCC3)c1cccc(Cl)c12. The number of aryl methyl sites for hydroxylation is 1. The number of nitrogens with zero attached hydrogens (tertiary/aromatic N) is 4. The average molecular weight is 497 g/mol. The monoisotopic (exact) mass is 496 g/mol. The largest absolute Gasteiger partial charge is 0.465 e. The first-order valence-electron chi connectivity index (χ1n) is 11.3. The minimum Gasteiger partial charge on any atom is -0.465 e. The fourth-order valence-corrected chi connectivity index (χ4v) is 5.85. The number of benzene rings is 1. The van der Waals surface area contributed by atoms with E-state index < -0.39 is 24.1 Å². The summed E-state index contributed by atoms with van der Waals surface area (Å²) in [5.74, 6) is 0.302. The maximum absolute atomic E-state index is 13.7. The zero-order chi connectivity index (χ0) is 24.3. The lowest BCUT2D eigenvalue weighted by Crippen LogP contribution is -2.65. The Labute approximate surface area is 199 Å². The second kappa shape index (κ2) is 8.18. The van der Waals surface area contributed by atoms with E-state index in [1.165, 1.54) is 4.90 Å². The number of hydrogen-bond donors (Lipinski definition) is 1. The van der Waals surface area contributed by atoms with Crippen LogP contribution in [0.2, 0.25) is 5.02 Å². The molecule has 1 saturated heterocycles. The normalized spacial score (nSPS) is 18.8. The molecule has 0 atom stereocenters. The van der Waals surface area contributed by atoms with Gasteiger partial charge < -0.3 is 19.5 Å². The van der Waals surface area contributed by atoms with Crippen molar-refractivity contribution in [2.45, 2.75) is 63.2 Å². The molecule has 0 saturated carbocycles. The number of amides is 2. The van der Waals surface area contributed by atoms with Crippen molar-refractivity contribution in [3.8, 4) is 0 Å². The summed E-state index contributed by atoms with van der Waals surface area (Å²) in [4.78, 5) is 32.5. The number of fused-ring (bicyclic) bond motifs is 3. The van der Waals surface area contributed by atoms with Gasteiger partial charge in [-0.2, -0.15) is 13.2 Å². The Bertz CT molecular complexity index is 1160. The van der Waals surface area contributed by atoms with Crippen molar-refractivity contribution in [2.24, 2.45) is 0 Å². The number of halogens is 4. The summed E-state index contributed by atoms with van der Waals surface area (Å²) in [7, 11) is 0. The minimum absolute atomic E-state index is 0.0188. The lowest BCUT2D eigenvalue weighted by Gasteiger charge is -2.45. The maximum Gasteiger partial charge on any atom is 0.407 e. The van der Waals surface area contributed by atoms with Gasteiger partial charge in [-0.05, 0) is 44.2 Å². The fourth-order valence-electron chi connectivity index (χ4n) is 5.50. The van der Waals surface area contributed by atoms with Gasteiger partial charge in [0.25, 0.3) is 0 Å². The summed E-state index contributed by atoms with van der Waals surface area (Å²) >= 11 is 6.48. The van der Waals surface area contributed by atoms with E-state index in [4.69, 9.17) is 16.6 Å². The van der Waals surface area contributed by atoms with Crippen molar-refractivity contribution in [3.05, 3.63) is 46.0 Å². The number of carbonyl (C=O) groups excluding carboxylic acids is 1. The standard InChI is InChI=1S/C23H24ClF3N4O3/c24-14-5-3-8-17-19(14)22(12-29(13-22)21(33)34)20(32)31(17)11-18-28-15-6-1-2-7-16(15)30(18)10-4-9-23(25,26)27/h3,5,8H,1-2,4,6-7,9-13H2,(H,33,34). The van der Waals surface area contributed by atoms with Crippen LogP contribution in [0.25, 0.3) is 0 Å². The van der Waals surface area contributed by atoms with Gasteiger partial charge in [-0.15, -0.1) is 0 Å². The van der Waals surface area contributed by atoms with Crippen molar-refractivity contribution in [2.75, 3.05) is 18.0 Å². The highest BCUT2D eigenvalue weighted by Crippen LogP contribution is 2.50. The Balaban J connectivity index is 1.48. The highest BCUT2D eigenvalue weighted by Gasteiger charge is 2.60. The number of hydrogen-bond acceptors (Lipinski definition) is 3. The molecule has 0 unspecified atom stereocenters. The lowest BCUT2D eigenvalue weighted by molar-refractivity contribution is -0.136. The first-order valence-corrected chi connectivity index (χ1v) is 11.7. The van der Waals surface area contributed by atoms with Gasteiger partial charge in [-0.25, -0.2) is 9.78 Å². The van der Waals surface area contributed by atoms with Crippen LogP contribution in [0.5, 0.6) is 0 Å². The van der Waals surface area contributed by atoms with Crippen LogP contribution in [-0.2, 0) is 36.1 Å². The van der Waals surface area contributed by atoms with Gasteiger partial charge in [0.15, 0.2) is 0 Å². The molecule has 1 aliphatic carbocycles. The van der Waals surface area contributed by atoms with E-state index in [2.05, 4.69) is 0 Å². The van der Waals surface area contributed by atoms with Crippen LogP contribution in [-0.4, -0.2) is 50.8 Å². The average Bonchev–Trinajstić information content (AvgIpc) is 3.20. The molecule has 3 heterocycles. The Morgan fingerprint density at radius 2 is 1.94 bits per heavy atom. The zero-order valence-electron chi connectivity index (χ0n) is 18.4. The summed E-state index contributed by atoms with van der Waals surface area (Å²) in [5.41, 5.74) is 2.02. The van der Waals surface area contributed by atoms with Gasteiger partial charge in [-0.3, -0.25) is 4.79 Å². The van der Waals surface area contributed by atoms with E-state index in [-0.39, 0.29) is 38.5 Å². The number of aromatic nitrogens is 2. The van der Waals surface area contributed by atoms with Crippen molar-refractivity contribution in [3.63, 3.8) is 0 Å². The molecule has 34 heavy (non-hydrogen) atoms. The van der Waals surface area contributed by atoms with Crippen LogP contribution in [0.4, 0.5) is 23.7 Å². The molecular formula is C23H24ClF3N4O3. The molecule has 5 rings (SSSR count). The van der Waals surface area contributed by atoms with Crippen LogP contribution in [0.1, 0.15) is 48.5 Å². The van der Waals surface area contributed by atoms with Gasteiger partial charge >= 0.3 is 12.3 Å². The van der Waals surface area contributed by atoms with E-state index in [1.807, 2.05) is 4.57 Å². The van der Waals surface area contributed by atoms with Crippen LogP contribution < -0.4 is 4.90 Å². The van der Waals surface area contributed by atoms with Crippen molar-refractivity contribution >= 4 is 29.3 Å². The molecule has 1 spiro atoms. The van der Waals surface area contributed by atoms with Gasteiger partial charge in [0.2, 0.25) is 5.91 Å². The van der Waals surface area contributed by atoms with Gasteiger partial charge in [0.1, 0.15) is 11.2 Å². The van der Waals surface area contributed by atoms with E-state index in [0.717, 1.165) is 37.1 Å². The third-order valence-corrected chi connectivity index (χ3v) is 7.38. The summed E-state index contributed by atoms with van der Waals surface area (Å²) in [5, 5.41) is 9.72. The molecule has 2 amide bonds. The second-order valence-electron chi connectivity index (χ2n) is 9.24. The molecule has 1 fully saturated rings. The number of likely N-dealkylation sites (tertiary alicyclic amines) is 1. The molecule has 11 heteroatoms. The minimum atomic E-state index is -4.23. The molecule has 1 aromatic carbocycles. The molecule has 3 aliphatic rings. The van der Waals surface area contributed by atoms with E-state index >= 15 is 0 Å². The predicted octanol–water partition coefficient (Wildman–Crippen LogP) is 4.54. The number of carboxylic acid groups (broad SMARTS) is 1. The molecule has 7 nitrogen and oxygen atoms in total. The third-order valence-electron chi connectivity index (χ3n) is 7.06. The van der Waals surface area contributed by atoms with Crippen LogP contribution in [0.3, 0.4) is 0 Å². The summed E-state index contributed by atoms with van der Waals surface area (Å²) in [6.45, 7) is 0.315. The van der Waals surface area contributed by atoms with Gasteiger partial charge in [-0.1, -0.05) is 17.7 Å². The molecule has 0 radical (unpaired) electrons. The Kier molecular flexibility index (Phi) is 5.54. The predicted molar refractivity (Wildman–Crippen MR) is 118 cm³/mol. The Hall–Kier alpha value is -2.75. The maximum atomic E-state index is 13.7. The Morgan fingerprint density at radius 1 is 1.21 bits per heavy atom. The third kappa shape index (κ3) is 3.72. The number of alkyl halides is 3. The van der Waals surface area contributed by atoms with Crippen molar-refractivity contribution in [1.82, 2.24) is 14.5 Å². The number of carbonyl (C=O) groups is 2. The summed E-state index contributed by atoms with van der Waals surface area (Å²) in [6.07, 6.45) is -2.83. The van der Waals surface area contributed by atoms with Crippen LogP contribution >= 0.6 is 11.6 Å². The summed E-state index contributed by atoms with van der Waals surface area (Å²) in [6, 6.07) is 5.18. The topological polar surface area (TPSA) is 78.7 Å². The molecule has 2 aromatic rings. The van der Waals surface area contributed by atoms with Gasteiger partial charge in [0.05, 0.1) is 17.9 Å². The quantitative estimate of drug-likeness (QED) is 0.659. The lowest BCUT2D eigenvalue weighted by atomic mass is 9.75. The smallest absolute Gasteiger partial charge is 0.407 e.